The lowest BCUT2D eigenvalue weighted by molar-refractivity contribution is -0.138. The first-order valence-electron chi connectivity index (χ1n) is 6.10. The first kappa shape index (κ1) is 15.4. The van der Waals surface area contributed by atoms with Gasteiger partial charge in [0.1, 0.15) is 0 Å². The predicted octanol–water partition coefficient (Wildman–Crippen LogP) is -1.15. The van der Waals surface area contributed by atoms with Gasteiger partial charge in [0.25, 0.3) is 10.2 Å². The van der Waals surface area contributed by atoms with Crippen molar-refractivity contribution in [3.05, 3.63) is 0 Å². The second-order valence-corrected chi connectivity index (χ2v) is 6.15. The zero-order valence-electron chi connectivity index (χ0n) is 10.9. The number of carbonyl (C=O) groups is 1. The van der Waals surface area contributed by atoms with E-state index < -0.39 is 15.7 Å². The summed E-state index contributed by atoms with van der Waals surface area (Å²) in [6, 6.07) is 0. The maximum atomic E-state index is 12.2. The molecule has 0 bridgehead atoms. The molecule has 1 rings (SSSR count). The molecule has 1 aliphatic rings. The third-order valence-corrected chi connectivity index (χ3v) is 4.66. The molecule has 0 aromatic carbocycles. The first-order valence-corrected chi connectivity index (χ1v) is 7.61. The molecule has 0 spiro atoms. The van der Waals surface area contributed by atoms with Crippen LogP contribution in [0, 0.1) is 0 Å². The molecule has 18 heavy (non-hydrogen) atoms. The third kappa shape index (κ3) is 3.19. The minimum atomic E-state index is -3.66. The molecule has 1 amide bonds. The molecular weight excluding hydrogens is 256 g/mol. The first-order chi connectivity index (χ1) is 8.24. The fraction of sp³-hybridized carbons (Fsp3) is 0.900. The van der Waals surface area contributed by atoms with Gasteiger partial charge in [0.2, 0.25) is 5.91 Å². The van der Waals surface area contributed by atoms with Gasteiger partial charge in [-0.3, -0.25) is 4.79 Å². The monoisotopic (exact) mass is 278 g/mol. The number of nitrogens with zero attached hydrogens (tertiary/aromatic N) is 2. The SMILES string of the molecule is CCC(N)(CC)C(=O)N1CCN(S(N)(=O)=O)CC1. The van der Waals surface area contributed by atoms with E-state index in [0.29, 0.717) is 25.9 Å². The molecule has 4 N–H and O–H groups in total. The fourth-order valence-electron chi connectivity index (χ4n) is 2.01. The lowest BCUT2D eigenvalue weighted by Gasteiger charge is -2.38. The predicted molar refractivity (Wildman–Crippen MR) is 68.8 cm³/mol. The summed E-state index contributed by atoms with van der Waals surface area (Å²) >= 11 is 0. The fourth-order valence-corrected chi connectivity index (χ4v) is 2.69. The van der Waals surface area contributed by atoms with Crippen molar-refractivity contribution in [1.29, 1.82) is 0 Å². The van der Waals surface area contributed by atoms with Crippen LogP contribution < -0.4 is 10.9 Å². The van der Waals surface area contributed by atoms with E-state index in [9.17, 15) is 13.2 Å². The Kier molecular flexibility index (Phi) is 4.71. The lowest BCUT2D eigenvalue weighted by atomic mass is 9.92. The third-order valence-electron chi connectivity index (χ3n) is 3.57. The molecule has 0 unspecified atom stereocenters. The number of piperazine rings is 1. The van der Waals surface area contributed by atoms with Crippen molar-refractivity contribution in [2.45, 2.75) is 32.2 Å². The molecule has 0 radical (unpaired) electrons. The van der Waals surface area contributed by atoms with Gasteiger partial charge in [-0.25, -0.2) is 5.14 Å². The van der Waals surface area contributed by atoms with Crippen molar-refractivity contribution in [3.8, 4) is 0 Å². The van der Waals surface area contributed by atoms with Gasteiger partial charge in [-0.15, -0.1) is 0 Å². The summed E-state index contributed by atoms with van der Waals surface area (Å²) in [5, 5.41) is 5.04. The Balaban J connectivity index is 2.66. The van der Waals surface area contributed by atoms with Gasteiger partial charge >= 0.3 is 0 Å². The average Bonchev–Trinajstić information content (AvgIpc) is 2.36. The molecule has 106 valence electrons. The second kappa shape index (κ2) is 5.52. The van der Waals surface area contributed by atoms with E-state index in [1.165, 1.54) is 4.31 Å². The average molecular weight is 278 g/mol. The molecule has 1 saturated heterocycles. The summed E-state index contributed by atoms with van der Waals surface area (Å²) in [5.74, 6) is -0.110. The smallest absolute Gasteiger partial charge is 0.277 e. The summed E-state index contributed by atoms with van der Waals surface area (Å²) in [4.78, 5) is 13.9. The summed E-state index contributed by atoms with van der Waals surface area (Å²) in [6.07, 6.45) is 1.13. The topological polar surface area (TPSA) is 110 Å². The maximum absolute atomic E-state index is 12.2. The highest BCUT2D eigenvalue weighted by Gasteiger charge is 2.36. The van der Waals surface area contributed by atoms with Gasteiger partial charge in [0, 0.05) is 26.2 Å². The Morgan fingerprint density at radius 2 is 1.61 bits per heavy atom. The molecular formula is C10H22N4O3S. The minimum absolute atomic E-state index is 0.110. The van der Waals surface area contributed by atoms with Crippen molar-refractivity contribution in [1.82, 2.24) is 9.21 Å². The van der Waals surface area contributed by atoms with Crippen LogP contribution in [0.5, 0.6) is 0 Å². The molecule has 8 heteroatoms. The van der Waals surface area contributed by atoms with E-state index >= 15 is 0 Å². The zero-order chi connectivity index (χ0) is 14.0. The summed E-state index contributed by atoms with van der Waals surface area (Å²) in [5.41, 5.74) is 5.20. The molecule has 1 aliphatic heterocycles. The van der Waals surface area contributed by atoms with Crippen molar-refractivity contribution in [3.63, 3.8) is 0 Å². The Labute approximate surface area is 108 Å². The van der Waals surface area contributed by atoms with Crippen molar-refractivity contribution >= 4 is 16.1 Å². The van der Waals surface area contributed by atoms with E-state index in [2.05, 4.69) is 0 Å². The minimum Gasteiger partial charge on any atom is -0.338 e. The Hall–Kier alpha value is -0.700. The molecule has 1 heterocycles. The van der Waals surface area contributed by atoms with Crippen LogP contribution in [0.4, 0.5) is 0 Å². The molecule has 0 aromatic rings. The van der Waals surface area contributed by atoms with Crippen LogP contribution in [-0.2, 0) is 15.0 Å². The van der Waals surface area contributed by atoms with Gasteiger partial charge in [0.15, 0.2) is 0 Å². The van der Waals surface area contributed by atoms with E-state index in [0.717, 1.165) is 0 Å². The summed E-state index contributed by atoms with van der Waals surface area (Å²) in [7, 11) is -3.66. The maximum Gasteiger partial charge on any atom is 0.277 e. The second-order valence-electron chi connectivity index (χ2n) is 4.60. The molecule has 1 fully saturated rings. The number of hydrogen-bond donors (Lipinski definition) is 2. The van der Waals surface area contributed by atoms with Gasteiger partial charge < -0.3 is 10.6 Å². The number of nitrogens with two attached hydrogens (primary N) is 2. The van der Waals surface area contributed by atoms with Crippen LogP contribution in [-0.4, -0.2) is 55.2 Å². The number of carbonyl (C=O) groups excluding carboxylic acids is 1. The van der Waals surface area contributed by atoms with Crippen LogP contribution in [0.3, 0.4) is 0 Å². The molecule has 0 aliphatic carbocycles. The van der Waals surface area contributed by atoms with Crippen LogP contribution in [0.25, 0.3) is 0 Å². The van der Waals surface area contributed by atoms with Crippen LogP contribution in [0.15, 0.2) is 0 Å². The van der Waals surface area contributed by atoms with Crippen molar-refractivity contribution < 1.29 is 13.2 Å². The quantitative estimate of drug-likeness (QED) is 0.676. The van der Waals surface area contributed by atoms with E-state index in [-0.39, 0.29) is 19.0 Å². The summed E-state index contributed by atoms with van der Waals surface area (Å²) in [6.45, 7) is 4.90. The normalized spacial score (nSPS) is 19.0. The molecule has 7 nitrogen and oxygen atoms in total. The van der Waals surface area contributed by atoms with E-state index in [1.54, 1.807) is 4.90 Å². The Morgan fingerprint density at radius 3 is 1.94 bits per heavy atom. The zero-order valence-corrected chi connectivity index (χ0v) is 11.7. The van der Waals surface area contributed by atoms with Crippen molar-refractivity contribution in [2.75, 3.05) is 26.2 Å². The van der Waals surface area contributed by atoms with Crippen LogP contribution in [0.1, 0.15) is 26.7 Å². The molecule has 0 saturated carbocycles. The van der Waals surface area contributed by atoms with Gasteiger partial charge in [-0.2, -0.15) is 12.7 Å². The highest BCUT2D eigenvalue weighted by atomic mass is 32.2. The van der Waals surface area contributed by atoms with Crippen molar-refractivity contribution in [2.24, 2.45) is 10.9 Å². The van der Waals surface area contributed by atoms with Gasteiger partial charge in [0.05, 0.1) is 5.54 Å². The summed E-state index contributed by atoms with van der Waals surface area (Å²) < 4.78 is 23.5. The Bertz CT molecular complexity index is 397. The number of rotatable bonds is 4. The molecule has 0 aromatic heterocycles. The highest BCUT2D eigenvalue weighted by molar-refractivity contribution is 7.86. The Morgan fingerprint density at radius 1 is 1.17 bits per heavy atom. The van der Waals surface area contributed by atoms with E-state index in [4.69, 9.17) is 10.9 Å². The van der Waals surface area contributed by atoms with Gasteiger partial charge in [-0.1, -0.05) is 13.8 Å². The van der Waals surface area contributed by atoms with Gasteiger partial charge in [-0.05, 0) is 12.8 Å². The number of hydrogen-bond acceptors (Lipinski definition) is 4. The van der Waals surface area contributed by atoms with Crippen LogP contribution >= 0.6 is 0 Å². The van der Waals surface area contributed by atoms with Crippen LogP contribution in [0.2, 0.25) is 0 Å². The largest absolute Gasteiger partial charge is 0.338 e. The number of amides is 1. The molecule has 0 atom stereocenters. The highest BCUT2D eigenvalue weighted by Crippen LogP contribution is 2.17. The standard InChI is InChI=1S/C10H22N4O3S/c1-3-10(11,4-2)9(15)13-5-7-14(8-6-13)18(12,16)17/h3-8,11H2,1-2H3,(H2,12,16,17). The lowest BCUT2D eigenvalue weighted by Crippen LogP contribution is -2.60. The van der Waals surface area contributed by atoms with E-state index in [1.807, 2.05) is 13.8 Å².